The molecule has 1 fully saturated rings. The van der Waals surface area contributed by atoms with Gasteiger partial charge >= 0.3 is 0 Å². The Labute approximate surface area is 107 Å². The van der Waals surface area contributed by atoms with E-state index >= 15 is 0 Å². The Balaban J connectivity index is 1.72. The van der Waals surface area contributed by atoms with E-state index in [0.717, 1.165) is 36.2 Å². The number of hydrogen-bond acceptors (Lipinski definition) is 5. The summed E-state index contributed by atoms with van der Waals surface area (Å²) in [5, 5.41) is 8.52. The summed E-state index contributed by atoms with van der Waals surface area (Å²) in [4.78, 5) is 0. The Morgan fingerprint density at radius 1 is 1.41 bits per heavy atom. The van der Waals surface area contributed by atoms with Crippen LogP contribution in [0, 0.1) is 5.92 Å². The Morgan fingerprint density at radius 2 is 2.24 bits per heavy atom. The van der Waals surface area contributed by atoms with Crippen molar-refractivity contribution >= 4 is 16.5 Å². The molecule has 5 heteroatoms. The van der Waals surface area contributed by atoms with Gasteiger partial charge < -0.3 is 10.1 Å². The van der Waals surface area contributed by atoms with Crippen molar-refractivity contribution in [3.63, 3.8) is 0 Å². The van der Waals surface area contributed by atoms with Gasteiger partial charge in [-0.05, 0) is 25.2 Å². The number of ether oxygens (including phenoxy) is 1. The zero-order valence-electron chi connectivity index (χ0n) is 10.4. The van der Waals surface area contributed by atoms with Gasteiger partial charge in [-0.2, -0.15) is 0 Å². The fourth-order valence-corrected chi connectivity index (χ4v) is 2.77. The van der Waals surface area contributed by atoms with E-state index in [2.05, 4.69) is 21.8 Å². The second-order valence-electron chi connectivity index (χ2n) is 4.64. The number of nitrogens with one attached hydrogen (secondary N) is 1. The first kappa shape index (κ1) is 12.8. The van der Waals surface area contributed by atoms with E-state index in [1.807, 2.05) is 0 Å². The average Bonchev–Trinajstić information content (AvgIpc) is 2.98. The van der Waals surface area contributed by atoms with Crippen LogP contribution >= 0.6 is 11.5 Å². The van der Waals surface area contributed by atoms with Gasteiger partial charge in [0.15, 0.2) is 0 Å². The van der Waals surface area contributed by atoms with Crippen LogP contribution in [0.2, 0.25) is 0 Å². The molecule has 1 aliphatic carbocycles. The maximum Gasteiger partial charge on any atom is 0.135 e. The highest BCUT2D eigenvalue weighted by molar-refractivity contribution is 7.10. The third-order valence-corrected chi connectivity index (χ3v) is 3.88. The number of aromatic nitrogens is 2. The molecular weight excluding hydrogens is 234 g/mol. The van der Waals surface area contributed by atoms with Crippen LogP contribution in [-0.2, 0) is 11.3 Å². The number of hydrogen-bond donors (Lipinski definition) is 1. The van der Waals surface area contributed by atoms with Crippen LogP contribution in [0.3, 0.4) is 0 Å². The molecule has 1 N–H and O–H groups in total. The molecule has 2 rings (SSSR count). The summed E-state index contributed by atoms with van der Waals surface area (Å²) >= 11 is 1.42. The average molecular weight is 255 g/mol. The quantitative estimate of drug-likeness (QED) is 0.813. The lowest BCUT2D eigenvalue weighted by Gasteiger charge is -2.09. The van der Waals surface area contributed by atoms with Crippen molar-refractivity contribution in [2.75, 3.05) is 18.5 Å². The molecule has 1 heterocycles. The summed E-state index contributed by atoms with van der Waals surface area (Å²) < 4.78 is 9.72. The first-order chi connectivity index (χ1) is 8.40. The molecule has 0 aromatic carbocycles. The topological polar surface area (TPSA) is 47.0 Å². The van der Waals surface area contributed by atoms with Crippen molar-refractivity contribution in [2.45, 2.75) is 45.6 Å². The summed E-state index contributed by atoms with van der Waals surface area (Å²) in [5.41, 5.74) is 0.960. The van der Waals surface area contributed by atoms with Gasteiger partial charge in [-0.1, -0.05) is 24.3 Å². The lowest BCUT2D eigenvalue weighted by Crippen LogP contribution is -2.07. The smallest absolute Gasteiger partial charge is 0.135 e. The highest BCUT2D eigenvalue weighted by Gasteiger charge is 2.15. The Hall–Kier alpha value is -0.680. The molecule has 0 amide bonds. The second kappa shape index (κ2) is 6.91. The largest absolute Gasteiger partial charge is 0.375 e. The van der Waals surface area contributed by atoms with Gasteiger partial charge in [0.05, 0.1) is 6.61 Å². The molecule has 0 spiro atoms. The molecule has 1 saturated carbocycles. The van der Waals surface area contributed by atoms with E-state index in [4.69, 9.17) is 4.74 Å². The molecule has 0 atom stereocenters. The van der Waals surface area contributed by atoms with E-state index in [-0.39, 0.29) is 0 Å². The van der Waals surface area contributed by atoms with Crippen LogP contribution in [0.15, 0.2) is 0 Å². The van der Waals surface area contributed by atoms with Gasteiger partial charge in [-0.25, -0.2) is 0 Å². The third kappa shape index (κ3) is 3.92. The van der Waals surface area contributed by atoms with Crippen LogP contribution in [0.25, 0.3) is 0 Å². The monoisotopic (exact) mass is 255 g/mol. The van der Waals surface area contributed by atoms with E-state index < -0.39 is 0 Å². The van der Waals surface area contributed by atoms with Crippen molar-refractivity contribution in [1.82, 2.24) is 9.59 Å². The second-order valence-corrected chi connectivity index (χ2v) is 5.40. The molecule has 0 radical (unpaired) electrons. The molecule has 1 aliphatic rings. The van der Waals surface area contributed by atoms with E-state index in [0.29, 0.717) is 6.61 Å². The van der Waals surface area contributed by atoms with Crippen LogP contribution in [0.4, 0.5) is 5.00 Å². The Morgan fingerprint density at radius 3 is 3.00 bits per heavy atom. The van der Waals surface area contributed by atoms with E-state index in [1.165, 1.54) is 37.2 Å². The predicted octanol–water partition coefficient (Wildman–Crippen LogP) is 3.07. The molecule has 1 aromatic rings. The van der Waals surface area contributed by atoms with E-state index in [9.17, 15) is 0 Å². The normalized spacial score (nSPS) is 16.5. The van der Waals surface area contributed by atoms with Gasteiger partial charge in [0, 0.05) is 24.7 Å². The fraction of sp³-hybridized carbons (Fsp3) is 0.833. The summed E-state index contributed by atoms with van der Waals surface area (Å²) in [5.74, 6) is 0.772. The molecular formula is C12H21N3OS. The number of nitrogens with zero attached hydrogens (tertiary/aromatic N) is 2. The summed E-state index contributed by atoms with van der Waals surface area (Å²) in [6.07, 6.45) is 6.51. The van der Waals surface area contributed by atoms with Crippen molar-refractivity contribution in [3.05, 3.63) is 5.69 Å². The molecule has 1 aromatic heterocycles. The fourth-order valence-electron chi connectivity index (χ4n) is 2.18. The molecule has 96 valence electrons. The van der Waals surface area contributed by atoms with Crippen LogP contribution in [0.5, 0.6) is 0 Å². The van der Waals surface area contributed by atoms with Crippen LogP contribution < -0.4 is 5.32 Å². The first-order valence-electron chi connectivity index (χ1n) is 6.53. The van der Waals surface area contributed by atoms with Crippen molar-refractivity contribution in [2.24, 2.45) is 5.92 Å². The van der Waals surface area contributed by atoms with Crippen molar-refractivity contribution < 1.29 is 4.74 Å². The molecule has 0 unspecified atom stereocenters. The van der Waals surface area contributed by atoms with Gasteiger partial charge in [0.1, 0.15) is 10.7 Å². The van der Waals surface area contributed by atoms with Crippen LogP contribution in [-0.4, -0.2) is 22.7 Å². The zero-order chi connectivity index (χ0) is 11.9. The lowest BCUT2D eigenvalue weighted by atomic mass is 10.1. The van der Waals surface area contributed by atoms with Crippen molar-refractivity contribution in [3.8, 4) is 0 Å². The summed E-state index contributed by atoms with van der Waals surface area (Å²) in [6.45, 7) is 4.60. The highest BCUT2D eigenvalue weighted by atomic mass is 32.1. The minimum absolute atomic E-state index is 0.596. The zero-order valence-corrected chi connectivity index (χ0v) is 11.3. The summed E-state index contributed by atoms with van der Waals surface area (Å²) in [7, 11) is 0. The number of anilines is 1. The van der Waals surface area contributed by atoms with Gasteiger partial charge in [-0.3, -0.25) is 0 Å². The molecule has 17 heavy (non-hydrogen) atoms. The molecule has 0 saturated heterocycles. The molecule has 4 nitrogen and oxygen atoms in total. The standard InChI is InChI=1S/C12H21N3OS/c1-2-7-13-12-11(14-15-17-12)9-16-8-10-5-3-4-6-10/h10,13H,2-9H2,1H3. The summed E-state index contributed by atoms with van der Waals surface area (Å²) in [6, 6.07) is 0. The minimum Gasteiger partial charge on any atom is -0.375 e. The van der Waals surface area contributed by atoms with Gasteiger partial charge in [0.25, 0.3) is 0 Å². The SMILES string of the molecule is CCCNc1snnc1COCC1CCCC1. The molecule has 0 bridgehead atoms. The lowest BCUT2D eigenvalue weighted by molar-refractivity contribution is 0.0870. The maximum absolute atomic E-state index is 5.75. The predicted molar refractivity (Wildman–Crippen MR) is 70.3 cm³/mol. The molecule has 0 aliphatic heterocycles. The minimum atomic E-state index is 0.596. The Kier molecular flexibility index (Phi) is 5.19. The number of rotatable bonds is 7. The van der Waals surface area contributed by atoms with Gasteiger partial charge in [-0.15, -0.1) is 5.10 Å². The maximum atomic E-state index is 5.75. The highest BCUT2D eigenvalue weighted by Crippen LogP contribution is 2.25. The third-order valence-electron chi connectivity index (χ3n) is 3.16. The van der Waals surface area contributed by atoms with Gasteiger partial charge in [0.2, 0.25) is 0 Å². The van der Waals surface area contributed by atoms with Crippen LogP contribution in [0.1, 0.15) is 44.7 Å². The first-order valence-corrected chi connectivity index (χ1v) is 7.30. The van der Waals surface area contributed by atoms with Crippen molar-refractivity contribution in [1.29, 1.82) is 0 Å². The Bertz CT molecular complexity index is 323. The van der Waals surface area contributed by atoms with E-state index in [1.54, 1.807) is 0 Å².